The second-order valence-electron chi connectivity index (χ2n) is 4.07. The molecule has 4 nitrogen and oxygen atoms in total. The molecule has 4 heteroatoms. The van der Waals surface area contributed by atoms with Crippen molar-refractivity contribution in [3.05, 3.63) is 41.6 Å². The Morgan fingerprint density at radius 3 is 2.56 bits per heavy atom. The Labute approximate surface area is 107 Å². The van der Waals surface area contributed by atoms with Gasteiger partial charge in [-0.25, -0.2) is 4.68 Å². The number of para-hydroxylation sites is 1. The van der Waals surface area contributed by atoms with Gasteiger partial charge in [0.25, 0.3) is 0 Å². The minimum Gasteiger partial charge on any atom is -0.481 e. The van der Waals surface area contributed by atoms with Gasteiger partial charge in [-0.2, -0.15) is 5.10 Å². The topological polar surface area (TPSA) is 53.1 Å². The molecule has 0 unspecified atom stereocenters. The van der Waals surface area contributed by atoms with Crippen LogP contribution in [0.5, 0.6) is 5.88 Å². The van der Waals surface area contributed by atoms with Gasteiger partial charge < -0.3 is 10.5 Å². The maximum atomic E-state index is 5.66. The summed E-state index contributed by atoms with van der Waals surface area (Å²) >= 11 is 0. The number of nitrogens with zero attached hydrogens (tertiary/aromatic N) is 2. The zero-order valence-electron chi connectivity index (χ0n) is 10.9. The van der Waals surface area contributed by atoms with E-state index in [0.29, 0.717) is 6.54 Å². The first kappa shape index (κ1) is 12.6. The lowest BCUT2D eigenvalue weighted by atomic mass is 10.1. The van der Waals surface area contributed by atoms with E-state index in [1.54, 1.807) is 7.11 Å². The van der Waals surface area contributed by atoms with E-state index in [9.17, 15) is 0 Å². The van der Waals surface area contributed by atoms with E-state index in [1.807, 2.05) is 35.0 Å². The quantitative estimate of drug-likeness (QED) is 0.876. The molecule has 2 rings (SSSR count). The van der Waals surface area contributed by atoms with Gasteiger partial charge in [0.05, 0.1) is 18.5 Å². The van der Waals surface area contributed by atoms with Gasteiger partial charge in [0, 0.05) is 5.56 Å². The summed E-state index contributed by atoms with van der Waals surface area (Å²) < 4.78 is 7.36. The summed E-state index contributed by atoms with van der Waals surface area (Å²) in [5, 5.41) is 4.62. The number of hydrogen-bond donors (Lipinski definition) is 1. The summed E-state index contributed by atoms with van der Waals surface area (Å²) in [5.41, 5.74) is 8.84. The Morgan fingerprint density at radius 1 is 1.28 bits per heavy atom. The maximum Gasteiger partial charge on any atom is 0.219 e. The number of nitrogens with two attached hydrogens (primary N) is 1. The van der Waals surface area contributed by atoms with E-state index in [0.717, 1.165) is 35.7 Å². The first-order valence-corrected chi connectivity index (χ1v) is 6.22. The molecular weight excluding hydrogens is 226 g/mol. The van der Waals surface area contributed by atoms with Gasteiger partial charge in [-0.1, -0.05) is 25.1 Å². The number of aromatic nitrogens is 2. The van der Waals surface area contributed by atoms with Crippen LogP contribution in [-0.4, -0.2) is 23.4 Å². The van der Waals surface area contributed by atoms with Crippen molar-refractivity contribution in [1.29, 1.82) is 0 Å². The Bertz CT molecular complexity index is 505. The smallest absolute Gasteiger partial charge is 0.219 e. The molecule has 0 radical (unpaired) electrons. The van der Waals surface area contributed by atoms with E-state index in [-0.39, 0.29) is 0 Å². The fourth-order valence-corrected chi connectivity index (χ4v) is 2.11. The molecule has 0 saturated heterocycles. The number of benzene rings is 1. The standard InChI is InChI=1S/C14H19N3O/c1-3-13-12(9-10-15)14(18-2)17(16-13)11-7-5-4-6-8-11/h4-8H,3,9-10,15H2,1-2H3. The van der Waals surface area contributed by atoms with Crippen LogP contribution in [0.4, 0.5) is 0 Å². The molecule has 0 aliphatic rings. The zero-order valence-corrected chi connectivity index (χ0v) is 10.9. The zero-order chi connectivity index (χ0) is 13.0. The van der Waals surface area contributed by atoms with E-state index >= 15 is 0 Å². The van der Waals surface area contributed by atoms with Crippen molar-refractivity contribution in [3.63, 3.8) is 0 Å². The molecule has 0 aliphatic heterocycles. The summed E-state index contributed by atoms with van der Waals surface area (Å²) in [7, 11) is 1.68. The minimum atomic E-state index is 0.601. The molecule has 18 heavy (non-hydrogen) atoms. The fraction of sp³-hybridized carbons (Fsp3) is 0.357. The molecule has 0 aliphatic carbocycles. The lowest BCUT2D eigenvalue weighted by molar-refractivity contribution is 0.379. The minimum absolute atomic E-state index is 0.601. The van der Waals surface area contributed by atoms with E-state index in [4.69, 9.17) is 10.5 Å². The van der Waals surface area contributed by atoms with E-state index < -0.39 is 0 Å². The third kappa shape index (κ3) is 2.24. The molecule has 0 saturated carbocycles. The predicted molar refractivity (Wildman–Crippen MR) is 72.3 cm³/mol. The third-order valence-electron chi connectivity index (χ3n) is 2.94. The average molecular weight is 245 g/mol. The van der Waals surface area contributed by atoms with Gasteiger partial charge in [-0.15, -0.1) is 0 Å². The molecule has 0 amide bonds. The molecule has 0 fully saturated rings. The molecule has 96 valence electrons. The van der Waals surface area contributed by atoms with Crippen molar-refractivity contribution in [2.75, 3.05) is 13.7 Å². The van der Waals surface area contributed by atoms with Gasteiger partial charge in [-0.3, -0.25) is 0 Å². The molecule has 1 aromatic heterocycles. The molecule has 2 aromatic rings. The number of rotatable bonds is 5. The van der Waals surface area contributed by atoms with Gasteiger partial charge in [0.15, 0.2) is 0 Å². The molecule has 1 heterocycles. The van der Waals surface area contributed by atoms with Crippen LogP contribution in [0.2, 0.25) is 0 Å². The Hall–Kier alpha value is -1.81. The second kappa shape index (κ2) is 5.69. The van der Waals surface area contributed by atoms with Crippen molar-refractivity contribution < 1.29 is 4.74 Å². The van der Waals surface area contributed by atoms with Gasteiger partial charge in [-0.05, 0) is 31.5 Å². The maximum absolute atomic E-state index is 5.66. The highest BCUT2D eigenvalue weighted by Gasteiger charge is 2.17. The Kier molecular flexibility index (Phi) is 3.99. The first-order valence-electron chi connectivity index (χ1n) is 6.22. The SMILES string of the molecule is CCc1nn(-c2ccccc2)c(OC)c1CCN. The molecule has 2 N–H and O–H groups in total. The monoisotopic (exact) mass is 245 g/mol. The van der Waals surface area contributed by atoms with Crippen LogP contribution in [0, 0.1) is 0 Å². The second-order valence-corrected chi connectivity index (χ2v) is 4.07. The normalized spacial score (nSPS) is 10.6. The van der Waals surface area contributed by atoms with Crippen molar-refractivity contribution in [3.8, 4) is 11.6 Å². The largest absolute Gasteiger partial charge is 0.481 e. The summed E-state index contributed by atoms with van der Waals surface area (Å²) in [6.07, 6.45) is 1.67. The van der Waals surface area contributed by atoms with E-state index in [1.165, 1.54) is 0 Å². The number of aryl methyl sites for hydroxylation is 1. The molecule has 0 bridgehead atoms. The number of methoxy groups -OCH3 is 1. The van der Waals surface area contributed by atoms with Gasteiger partial charge in [0.1, 0.15) is 0 Å². The lowest BCUT2D eigenvalue weighted by Gasteiger charge is -2.07. The Balaban J connectivity index is 2.54. The summed E-state index contributed by atoms with van der Waals surface area (Å²) in [6, 6.07) is 10.00. The summed E-state index contributed by atoms with van der Waals surface area (Å²) in [6.45, 7) is 2.70. The van der Waals surface area contributed by atoms with Gasteiger partial charge in [0.2, 0.25) is 5.88 Å². The predicted octanol–water partition coefficient (Wildman–Crippen LogP) is 1.94. The average Bonchev–Trinajstić information content (AvgIpc) is 2.78. The summed E-state index contributed by atoms with van der Waals surface area (Å²) in [4.78, 5) is 0. The van der Waals surface area contributed by atoms with Crippen LogP contribution in [0.3, 0.4) is 0 Å². The fourth-order valence-electron chi connectivity index (χ4n) is 2.11. The molecular formula is C14H19N3O. The third-order valence-corrected chi connectivity index (χ3v) is 2.94. The van der Waals surface area contributed by atoms with Crippen molar-refractivity contribution >= 4 is 0 Å². The number of hydrogen-bond acceptors (Lipinski definition) is 3. The van der Waals surface area contributed by atoms with Crippen LogP contribution in [0.15, 0.2) is 30.3 Å². The van der Waals surface area contributed by atoms with Crippen LogP contribution >= 0.6 is 0 Å². The summed E-state index contributed by atoms with van der Waals surface area (Å²) in [5.74, 6) is 0.795. The lowest BCUT2D eigenvalue weighted by Crippen LogP contribution is -2.05. The van der Waals surface area contributed by atoms with Crippen molar-refractivity contribution in [2.45, 2.75) is 19.8 Å². The Morgan fingerprint density at radius 2 is 2.00 bits per heavy atom. The number of ether oxygens (including phenoxy) is 1. The molecule has 0 atom stereocenters. The van der Waals surface area contributed by atoms with Crippen LogP contribution in [0.25, 0.3) is 5.69 Å². The van der Waals surface area contributed by atoms with Crippen molar-refractivity contribution in [1.82, 2.24) is 9.78 Å². The molecule has 1 aromatic carbocycles. The van der Waals surface area contributed by atoms with Crippen LogP contribution in [0.1, 0.15) is 18.2 Å². The van der Waals surface area contributed by atoms with E-state index in [2.05, 4.69) is 12.0 Å². The van der Waals surface area contributed by atoms with Crippen LogP contribution in [-0.2, 0) is 12.8 Å². The first-order chi connectivity index (χ1) is 8.81. The highest BCUT2D eigenvalue weighted by Crippen LogP contribution is 2.26. The molecule has 0 spiro atoms. The van der Waals surface area contributed by atoms with Crippen LogP contribution < -0.4 is 10.5 Å². The van der Waals surface area contributed by atoms with Gasteiger partial charge >= 0.3 is 0 Å². The highest BCUT2D eigenvalue weighted by molar-refractivity contribution is 5.41. The highest BCUT2D eigenvalue weighted by atomic mass is 16.5. The van der Waals surface area contributed by atoms with Crippen molar-refractivity contribution in [2.24, 2.45) is 5.73 Å².